The van der Waals surface area contributed by atoms with Crippen LogP contribution in [0, 0.1) is 0 Å². The Morgan fingerprint density at radius 2 is 2.27 bits per heavy atom. The van der Waals surface area contributed by atoms with Crippen LogP contribution >= 0.6 is 0 Å². The number of methoxy groups -OCH3 is 1. The molecular formula is C7H14O4. The van der Waals surface area contributed by atoms with E-state index in [1.54, 1.807) is 7.11 Å². The molecule has 0 bridgehead atoms. The van der Waals surface area contributed by atoms with E-state index in [1.165, 1.54) is 0 Å². The van der Waals surface area contributed by atoms with Crippen molar-refractivity contribution in [3.05, 3.63) is 0 Å². The van der Waals surface area contributed by atoms with Gasteiger partial charge in [-0.25, -0.2) is 0 Å². The van der Waals surface area contributed by atoms with Crippen LogP contribution in [0.5, 0.6) is 0 Å². The van der Waals surface area contributed by atoms with Crippen LogP contribution in [0.3, 0.4) is 0 Å². The van der Waals surface area contributed by atoms with Gasteiger partial charge in [0.2, 0.25) is 0 Å². The van der Waals surface area contributed by atoms with Gasteiger partial charge in [0.25, 0.3) is 0 Å². The summed E-state index contributed by atoms with van der Waals surface area (Å²) in [6.45, 7) is -0.152. The SMILES string of the molecule is CO[C@H]1CC[C@@H](O)[C@H](CO)O1. The van der Waals surface area contributed by atoms with Gasteiger partial charge >= 0.3 is 0 Å². The van der Waals surface area contributed by atoms with Crippen LogP contribution in [0.25, 0.3) is 0 Å². The van der Waals surface area contributed by atoms with Gasteiger partial charge in [0.05, 0.1) is 12.7 Å². The fourth-order valence-corrected chi connectivity index (χ4v) is 1.18. The monoisotopic (exact) mass is 162 g/mol. The summed E-state index contributed by atoms with van der Waals surface area (Å²) >= 11 is 0. The van der Waals surface area contributed by atoms with Crippen LogP contribution in [-0.2, 0) is 9.47 Å². The lowest BCUT2D eigenvalue weighted by atomic mass is 10.1. The molecule has 0 aromatic heterocycles. The molecule has 0 spiro atoms. The fourth-order valence-electron chi connectivity index (χ4n) is 1.18. The quantitative estimate of drug-likeness (QED) is 0.574. The van der Waals surface area contributed by atoms with Crippen molar-refractivity contribution in [2.24, 2.45) is 0 Å². The molecule has 0 aliphatic carbocycles. The summed E-state index contributed by atoms with van der Waals surface area (Å²) in [5.41, 5.74) is 0. The minimum absolute atomic E-state index is 0.152. The minimum Gasteiger partial charge on any atom is -0.394 e. The lowest BCUT2D eigenvalue weighted by Gasteiger charge is -2.31. The maximum atomic E-state index is 9.24. The Bertz CT molecular complexity index is 117. The Morgan fingerprint density at radius 3 is 2.82 bits per heavy atom. The molecule has 0 unspecified atom stereocenters. The molecule has 1 rings (SSSR count). The summed E-state index contributed by atoms with van der Waals surface area (Å²) in [6, 6.07) is 0. The highest BCUT2D eigenvalue weighted by molar-refractivity contribution is 4.74. The number of hydrogen-bond donors (Lipinski definition) is 2. The first-order chi connectivity index (χ1) is 5.27. The number of aliphatic hydroxyl groups is 2. The van der Waals surface area contributed by atoms with Gasteiger partial charge in [-0.1, -0.05) is 0 Å². The molecule has 11 heavy (non-hydrogen) atoms. The third-order valence-electron chi connectivity index (χ3n) is 1.90. The van der Waals surface area contributed by atoms with Gasteiger partial charge in [-0.2, -0.15) is 0 Å². The zero-order valence-corrected chi connectivity index (χ0v) is 6.56. The van der Waals surface area contributed by atoms with E-state index in [-0.39, 0.29) is 12.9 Å². The Hall–Kier alpha value is -0.160. The highest BCUT2D eigenvalue weighted by Crippen LogP contribution is 2.19. The topological polar surface area (TPSA) is 58.9 Å². The largest absolute Gasteiger partial charge is 0.394 e. The molecule has 0 radical (unpaired) electrons. The molecule has 2 N–H and O–H groups in total. The van der Waals surface area contributed by atoms with E-state index in [2.05, 4.69) is 0 Å². The van der Waals surface area contributed by atoms with Gasteiger partial charge in [-0.05, 0) is 6.42 Å². The Labute approximate surface area is 65.7 Å². The molecule has 1 aliphatic rings. The third kappa shape index (κ3) is 2.13. The fraction of sp³-hybridized carbons (Fsp3) is 1.00. The maximum absolute atomic E-state index is 9.24. The second-order valence-electron chi connectivity index (χ2n) is 2.67. The summed E-state index contributed by atoms with van der Waals surface area (Å²) in [4.78, 5) is 0. The van der Waals surface area contributed by atoms with E-state index in [0.717, 1.165) is 0 Å². The minimum atomic E-state index is -0.550. The zero-order valence-electron chi connectivity index (χ0n) is 6.56. The van der Waals surface area contributed by atoms with E-state index < -0.39 is 12.2 Å². The van der Waals surface area contributed by atoms with Crippen molar-refractivity contribution >= 4 is 0 Å². The number of ether oxygens (including phenoxy) is 2. The molecule has 4 heteroatoms. The Balaban J connectivity index is 2.37. The van der Waals surface area contributed by atoms with Gasteiger partial charge in [0, 0.05) is 13.5 Å². The summed E-state index contributed by atoms with van der Waals surface area (Å²) in [5, 5.41) is 18.0. The van der Waals surface area contributed by atoms with Gasteiger partial charge in [0.1, 0.15) is 6.10 Å². The van der Waals surface area contributed by atoms with Crippen molar-refractivity contribution in [3.8, 4) is 0 Å². The van der Waals surface area contributed by atoms with Crippen LogP contribution in [0.15, 0.2) is 0 Å². The second-order valence-corrected chi connectivity index (χ2v) is 2.67. The number of rotatable bonds is 2. The predicted octanol–water partition coefficient (Wildman–Crippen LogP) is -0.509. The zero-order chi connectivity index (χ0) is 8.27. The van der Waals surface area contributed by atoms with Crippen molar-refractivity contribution in [2.45, 2.75) is 31.3 Å². The van der Waals surface area contributed by atoms with Crippen LogP contribution in [0.1, 0.15) is 12.8 Å². The molecule has 0 aromatic carbocycles. The molecule has 1 saturated heterocycles. The smallest absolute Gasteiger partial charge is 0.157 e. The first-order valence-corrected chi connectivity index (χ1v) is 3.75. The first kappa shape index (κ1) is 8.93. The third-order valence-corrected chi connectivity index (χ3v) is 1.90. The normalized spacial score (nSPS) is 39.0. The van der Waals surface area contributed by atoms with Gasteiger partial charge < -0.3 is 19.7 Å². The molecule has 0 amide bonds. The van der Waals surface area contributed by atoms with Crippen molar-refractivity contribution in [2.75, 3.05) is 13.7 Å². The van der Waals surface area contributed by atoms with E-state index in [1.807, 2.05) is 0 Å². The van der Waals surface area contributed by atoms with Crippen molar-refractivity contribution in [1.29, 1.82) is 0 Å². The lowest BCUT2D eigenvalue weighted by molar-refractivity contribution is -0.219. The Morgan fingerprint density at radius 1 is 1.55 bits per heavy atom. The van der Waals surface area contributed by atoms with Gasteiger partial charge in [0.15, 0.2) is 6.29 Å². The van der Waals surface area contributed by atoms with E-state index in [0.29, 0.717) is 12.8 Å². The average Bonchev–Trinajstić information content (AvgIpc) is 2.05. The Kier molecular flexibility index (Phi) is 3.26. The van der Waals surface area contributed by atoms with E-state index in [4.69, 9.17) is 14.6 Å². The molecule has 66 valence electrons. The van der Waals surface area contributed by atoms with Crippen LogP contribution in [-0.4, -0.2) is 42.4 Å². The van der Waals surface area contributed by atoms with Crippen molar-refractivity contribution < 1.29 is 19.7 Å². The summed E-state index contributed by atoms with van der Waals surface area (Å²) in [6.07, 6.45) is 0.0217. The molecule has 0 aromatic rings. The summed E-state index contributed by atoms with van der Waals surface area (Å²) in [7, 11) is 1.55. The molecule has 1 fully saturated rings. The standard InChI is InChI=1S/C7H14O4/c1-10-7-3-2-5(9)6(4-8)11-7/h5-9H,2-4H2,1H3/t5-,6+,7-/m1/s1. The summed E-state index contributed by atoms with van der Waals surface area (Å²) < 4.78 is 10.1. The van der Waals surface area contributed by atoms with Gasteiger partial charge in [-0.3, -0.25) is 0 Å². The number of aliphatic hydroxyl groups excluding tert-OH is 2. The van der Waals surface area contributed by atoms with Crippen LogP contribution in [0.2, 0.25) is 0 Å². The molecule has 1 heterocycles. The van der Waals surface area contributed by atoms with Crippen molar-refractivity contribution in [3.63, 3.8) is 0 Å². The molecular weight excluding hydrogens is 148 g/mol. The number of hydrogen-bond acceptors (Lipinski definition) is 4. The van der Waals surface area contributed by atoms with E-state index >= 15 is 0 Å². The molecule has 0 saturated carbocycles. The van der Waals surface area contributed by atoms with Crippen LogP contribution in [0.4, 0.5) is 0 Å². The predicted molar refractivity (Wildman–Crippen MR) is 38.0 cm³/mol. The molecule has 1 aliphatic heterocycles. The van der Waals surface area contributed by atoms with Gasteiger partial charge in [-0.15, -0.1) is 0 Å². The first-order valence-electron chi connectivity index (χ1n) is 3.75. The average molecular weight is 162 g/mol. The molecule has 4 nitrogen and oxygen atoms in total. The highest BCUT2D eigenvalue weighted by atomic mass is 16.7. The van der Waals surface area contributed by atoms with E-state index in [9.17, 15) is 5.11 Å². The highest BCUT2D eigenvalue weighted by Gasteiger charge is 2.28. The van der Waals surface area contributed by atoms with Crippen LogP contribution < -0.4 is 0 Å². The molecule has 3 atom stereocenters. The lowest BCUT2D eigenvalue weighted by Crippen LogP contribution is -2.41. The summed E-state index contributed by atoms with van der Waals surface area (Å²) in [5.74, 6) is 0. The second kappa shape index (κ2) is 4.01. The van der Waals surface area contributed by atoms with Crippen molar-refractivity contribution in [1.82, 2.24) is 0 Å². The maximum Gasteiger partial charge on any atom is 0.157 e.